The Labute approximate surface area is 192 Å². The maximum absolute atomic E-state index is 13.2. The van der Waals surface area contributed by atoms with Gasteiger partial charge in [0.15, 0.2) is 0 Å². The van der Waals surface area contributed by atoms with Crippen molar-refractivity contribution in [1.29, 1.82) is 0 Å². The quantitative estimate of drug-likeness (QED) is 0.597. The second kappa shape index (κ2) is 8.92. The number of nitrogens with one attached hydrogen (secondary N) is 1. The standard InChI is InChI=1S/C24H23F3N4O3/c1-14-9-15(2)11-19(10-14)31-23(34)30(13-17-5-7-18(8-6-17)24(25,26)27)22(33)20(29-31)21(32)28-12-16-3-4-16/h5-11,16H,3-4,12-13H2,1-2H3,(H,28,32). The number of carbonyl (C=O) groups is 1. The summed E-state index contributed by atoms with van der Waals surface area (Å²) >= 11 is 0. The van der Waals surface area contributed by atoms with E-state index in [-0.39, 0.29) is 6.54 Å². The second-order valence-corrected chi connectivity index (χ2v) is 8.63. The minimum absolute atomic E-state index is 0.301. The zero-order chi connectivity index (χ0) is 24.6. The Hall–Kier alpha value is -3.69. The lowest BCUT2D eigenvalue weighted by Gasteiger charge is -2.14. The number of aromatic nitrogens is 3. The summed E-state index contributed by atoms with van der Waals surface area (Å²) in [5.74, 6) is -0.333. The molecule has 34 heavy (non-hydrogen) atoms. The Bertz CT molecular complexity index is 1330. The number of hydrogen-bond donors (Lipinski definition) is 1. The third-order valence-electron chi connectivity index (χ3n) is 5.60. The summed E-state index contributed by atoms with van der Waals surface area (Å²) in [6.45, 7) is 3.76. The summed E-state index contributed by atoms with van der Waals surface area (Å²) < 4.78 is 40.5. The lowest BCUT2D eigenvalue weighted by molar-refractivity contribution is -0.137. The summed E-state index contributed by atoms with van der Waals surface area (Å²) in [5.41, 5.74) is -0.618. The molecule has 7 nitrogen and oxygen atoms in total. The van der Waals surface area contributed by atoms with Crippen LogP contribution < -0.4 is 16.6 Å². The highest BCUT2D eigenvalue weighted by atomic mass is 19.4. The van der Waals surface area contributed by atoms with E-state index >= 15 is 0 Å². The summed E-state index contributed by atoms with van der Waals surface area (Å²) in [6.07, 6.45) is -2.52. The maximum atomic E-state index is 13.2. The van der Waals surface area contributed by atoms with E-state index in [9.17, 15) is 27.6 Å². The van der Waals surface area contributed by atoms with Crippen LogP contribution >= 0.6 is 0 Å². The average Bonchev–Trinajstić information content (AvgIpc) is 3.59. The van der Waals surface area contributed by atoms with Crippen LogP contribution in [0, 0.1) is 19.8 Å². The van der Waals surface area contributed by atoms with Crippen molar-refractivity contribution in [3.8, 4) is 5.69 Å². The first kappa shape index (κ1) is 23.5. The van der Waals surface area contributed by atoms with E-state index in [0.717, 1.165) is 45.4 Å². The zero-order valence-corrected chi connectivity index (χ0v) is 18.6. The van der Waals surface area contributed by atoms with Gasteiger partial charge in [0.2, 0.25) is 5.69 Å². The summed E-state index contributed by atoms with van der Waals surface area (Å²) in [5, 5.41) is 6.76. The molecule has 1 saturated carbocycles. The predicted molar refractivity (Wildman–Crippen MR) is 119 cm³/mol. The Morgan fingerprint density at radius 1 is 1.06 bits per heavy atom. The molecule has 0 atom stereocenters. The molecule has 10 heteroatoms. The largest absolute Gasteiger partial charge is 0.416 e. The van der Waals surface area contributed by atoms with Gasteiger partial charge in [-0.2, -0.15) is 23.0 Å². The SMILES string of the molecule is Cc1cc(C)cc(-n2nc(C(=O)NCC3CC3)c(=O)n(Cc3ccc(C(F)(F)F)cc3)c2=O)c1. The topological polar surface area (TPSA) is 86.0 Å². The Balaban J connectivity index is 1.80. The minimum atomic E-state index is -4.51. The smallest absolute Gasteiger partial charge is 0.350 e. The molecule has 0 unspecified atom stereocenters. The Morgan fingerprint density at radius 2 is 1.68 bits per heavy atom. The van der Waals surface area contributed by atoms with Crippen molar-refractivity contribution >= 4 is 5.91 Å². The van der Waals surface area contributed by atoms with Gasteiger partial charge in [0, 0.05) is 6.54 Å². The van der Waals surface area contributed by atoms with Crippen molar-refractivity contribution in [2.45, 2.75) is 39.4 Å². The molecule has 1 amide bonds. The number of aryl methyl sites for hydroxylation is 2. The molecule has 0 bridgehead atoms. The van der Waals surface area contributed by atoms with E-state index in [1.807, 2.05) is 19.9 Å². The second-order valence-electron chi connectivity index (χ2n) is 8.63. The van der Waals surface area contributed by atoms with Crippen molar-refractivity contribution in [2.75, 3.05) is 6.54 Å². The van der Waals surface area contributed by atoms with Crippen LogP contribution in [0.2, 0.25) is 0 Å². The molecule has 1 aliphatic carbocycles. The van der Waals surface area contributed by atoms with E-state index in [4.69, 9.17) is 0 Å². The van der Waals surface area contributed by atoms with Crippen LogP contribution in [0.5, 0.6) is 0 Å². The van der Waals surface area contributed by atoms with Crippen LogP contribution in [0.3, 0.4) is 0 Å². The van der Waals surface area contributed by atoms with Gasteiger partial charge in [-0.1, -0.05) is 18.2 Å². The zero-order valence-electron chi connectivity index (χ0n) is 18.6. The van der Waals surface area contributed by atoms with E-state index in [1.165, 1.54) is 12.1 Å². The molecule has 0 aliphatic heterocycles. The van der Waals surface area contributed by atoms with Crippen LogP contribution in [-0.4, -0.2) is 26.8 Å². The first-order valence-corrected chi connectivity index (χ1v) is 10.8. The van der Waals surface area contributed by atoms with Crippen LogP contribution in [0.25, 0.3) is 5.69 Å². The number of rotatable bonds is 6. The van der Waals surface area contributed by atoms with E-state index in [2.05, 4.69) is 10.4 Å². The molecule has 1 fully saturated rings. The molecule has 1 aliphatic rings. The third kappa shape index (κ3) is 5.11. The molecule has 4 rings (SSSR count). The highest BCUT2D eigenvalue weighted by Gasteiger charge is 2.30. The van der Waals surface area contributed by atoms with Gasteiger partial charge in [-0.05, 0) is 73.6 Å². The molecule has 178 valence electrons. The highest BCUT2D eigenvalue weighted by molar-refractivity contribution is 5.91. The summed E-state index contributed by atoms with van der Waals surface area (Å²) in [7, 11) is 0. The predicted octanol–water partition coefficient (Wildman–Crippen LogP) is 3.22. The number of amides is 1. The molecular formula is C24H23F3N4O3. The molecule has 3 aromatic rings. The number of alkyl halides is 3. The normalized spacial score (nSPS) is 13.7. The van der Waals surface area contributed by atoms with Gasteiger partial charge in [-0.3, -0.25) is 14.2 Å². The third-order valence-corrected chi connectivity index (χ3v) is 5.60. The van der Waals surface area contributed by atoms with E-state index in [1.54, 1.807) is 12.1 Å². The number of carbonyl (C=O) groups excluding carboxylic acids is 1. The van der Waals surface area contributed by atoms with Gasteiger partial charge < -0.3 is 5.32 Å². The lowest BCUT2D eigenvalue weighted by Crippen LogP contribution is -2.46. The van der Waals surface area contributed by atoms with Crippen LogP contribution in [0.4, 0.5) is 13.2 Å². The number of nitrogens with zero attached hydrogens (tertiary/aromatic N) is 3. The van der Waals surface area contributed by atoms with Crippen LogP contribution in [0.1, 0.15) is 45.6 Å². The molecule has 0 radical (unpaired) electrons. The van der Waals surface area contributed by atoms with Gasteiger partial charge in [-0.25, -0.2) is 4.79 Å². The molecule has 0 saturated heterocycles. The molecule has 2 aromatic carbocycles. The van der Waals surface area contributed by atoms with Gasteiger partial charge in [0.1, 0.15) is 0 Å². The molecule has 1 N–H and O–H groups in total. The van der Waals surface area contributed by atoms with Crippen molar-refractivity contribution in [1.82, 2.24) is 19.7 Å². The number of benzene rings is 2. The van der Waals surface area contributed by atoms with Gasteiger partial charge in [0.25, 0.3) is 11.5 Å². The summed E-state index contributed by atoms with van der Waals surface area (Å²) in [4.78, 5) is 39.1. The Morgan fingerprint density at radius 3 is 2.24 bits per heavy atom. The van der Waals surface area contributed by atoms with Crippen molar-refractivity contribution in [3.63, 3.8) is 0 Å². The fourth-order valence-corrected chi connectivity index (χ4v) is 3.66. The van der Waals surface area contributed by atoms with Crippen LogP contribution in [-0.2, 0) is 12.7 Å². The summed E-state index contributed by atoms with van der Waals surface area (Å²) in [6, 6.07) is 9.45. The van der Waals surface area contributed by atoms with Gasteiger partial charge in [-0.15, -0.1) is 0 Å². The maximum Gasteiger partial charge on any atom is 0.416 e. The van der Waals surface area contributed by atoms with Crippen molar-refractivity contribution in [2.24, 2.45) is 5.92 Å². The van der Waals surface area contributed by atoms with Crippen molar-refractivity contribution in [3.05, 3.63) is 91.3 Å². The monoisotopic (exact) mass is 472 g/mol. The minimum Gasteiger partial charge on any atom is -0.350 e. The average molecular weight is 472 g/mol. The fraction of sp³-hybridized carbons (Fsp3) is 0.333. The highest BCUT2D eigenvalue weighted by Crippen LogP contribution is 2.29. The van der Waals surface area contributed by atoms with Crippen molar-refractivity contribution < 1.29 is 18.0 Å². The van der Waals surface area contributed by atoms with Crippen LogP contribution in [0.15, 0.2) is 52.1 Å². The lowest BCUT2D eigenvalue weighted by atomic mass is 10.1. The molecular weight excluding hydrogens is 449 g/mol. The molecule has 1 heterocycles. The number of halogens is 3. The number of hydrogen-bond acceptors (Lipinski definition) is 4. The Kier molecular flexibility index (Phi) is 6.16. The first-order valence-electron chi connectivity index (χ1n) is 10.8. The fourth-order valence-electron chi connectivity index (χ4n) is 3.66. The molecule has 0 spiro atoms. The van der Waals surface area contributed by atoms with E-state index in [0.29, 0.717) is 23.7 Å². The molecule has 1 aromatic heterocycles. The van der Waals surface area contributed by atoms with Gasteiger partial charge in [0.05, 0.1) is 17.8 Å². The van der Waals surface area contributed by atoms with E-state index < -0.39 is 34.6 Å². The first-order chi connectivity index (χ1) is 16.0. The van der Waals surface area contributed by atoms with Gasteiger partial charge >= 0.3 is 11.9 Å².